The number of benzene rings is 1. The van der Waals surface area contributed by atoms with E-state index in [0.29, 0.717) is 17.2 Å². The van der Waals surface area contributed by atoms with Gasteiger partial charge in [0.1, 0.15) is 11.5 Å². The molecular formula is C13H13N3O. The maximum absolute atomic E-state index is 8.77. The van der Waals surface area contributed by atoms with Gasteiger partial charge in [-0.25, -0.2) is 9.97 Å². The number of aryl methyl sites for hydroxylation is 1. The molecule has 1 aromatic carbocycles. The van der Waals surface area contributed by atoms with E-state index < -0.39 is 0 Å². The Morgan fingerprint density at radius 1 is 1.18 bits per heavy atom. The van der Waals surface area contributed by atoms with Gasteiger partial charge >= 0.3 is 0 Å². The van der Waals surface area contributed by atoms with Crippen molar-refractivity contribution >= 4 is 5.71 Å². The highest BCUT2D eigenvalue weighted by Gasteiger charge is 2.06. The third kappa shape index (κ3) is 2.47. The van der Waals surface area contributed by atoms with Crippen LogP contribution in [0.1, 0.15) is 18.4 Å². The van der Waals surface area contributed by atoms with Crippen LogP contribution in [0.3, 0.4) is 0 Å². The molecule has 0 aliphatic carbocycles. The first kappa shape index (κ1) is 11.3. The molecule has 0 fully saturated rings. The Labute approximate surface area is 99.7 Å². The van der Waals surface area contributed by atoms with Crippen molar-refractivity contribution in [3.63, 3.8) is 0 Å². The Bertz CT molecular complexity index is 550. The molecule has 1 heterocycles. The predicted octanol–water partition coefficient (Wildman–Crippen LogP) is 2.65. The minimum Gasteiger partial charge on any atom is -0.411 e. The van der Waals surface area contributed by atoms with Crippen molar-refractivity contribution in [1.82, 2.24) is 9.97 Å². The lowest BCUT2D eigenvalue weighted by molar-refractivity contribution is 0.319. The minimum atomic E-state index is 0.479. The van der Waals surface area contributed by atoms with Crippen LogP contribution in [0.15, 0.2) is 41.6 Å². The summed E-state index contributed by atoms with van der Waals surface area (Å²) in [6, 6.07) is 11.7. The Kier molecular flexibility index (Phi) is 3.14. The van der Waals surface area contributed by atoms with Gasteiger partial charge in [-0.2, -0.15) is 0 Å². The summed E-state index contributed by atoms with van der Waals surface area (Å²) in [4.78, 5) is 8.60. The van der Waals surface area contributed by atoms with Crippen molar-refractivity contribution in [3.8, 4) is 11.3 Å². The lowest BCUT2D eigenvalue weighted by Crippen LogP contribution is -2.03. The summed E-state index contributed by atoms with van der Waals surface area (Å²) >= 11 is 0. The summed E-state index contributed by atoms with van der Waals surface area (Å²) in [5, 5.41) is 11.9. The minimum absolute atomic E-state index is 0.479. The Morgan fingerprint density at radius 3 is 2.53 bits per heavy atom. The average Bonchev–Trinajstić information content (AvgIpc) is 2.38. The maximum atomic E-state index is 8.77. The van der Waals surface area contributed by atoms with Gasteiger partial charge in [0.05, 0.1) is 11.4 Å². The van der Waals surface area contributed by atoms with Gasteiger partial charge in [-0.15, -0.1) is 0 Å². The highest BCUT2D eigenvalue weighted by Crippen LogP contribution is 2.17. The molecule has 4 nitrogen and oxygen atoms in total. The van der Waals surface area contributed by atoms with Gasteiger partial charge < -0.3 is 5.21 Å². The van der Waals surface area contributed by atoms with Crippen LogP contribution in [0.5, 0.6) is 0 Å². The molecule has 0 saturated carbocycles. The molecule has 0 spiro atoms. The van der Waals surface area contributed by atoms with Gasteiger partial charge in [-0.1, -0.05) is 35.5 Å². The predicted molar refractivity (Wildman–Crippen MR) is 66.2 cm³/mol. The summed E-state index contributed by atoms with van der Waals surface area (Å²) in [7, 11) is 0. The molecule has 0 amide bonds. The highest BCUT2D eigenvalue weighted by molar-refractivity contribution is 5.97. The van der Waals surface area contributed by atoms with Crippen molar-refractivity contribution < 1.29 is 5.21 Å². The second kappa shape index (κ2) is 4.74. The zero-order valence-electron chi connectivity index (χ0n) is 9.75. The quantitative estimate of drug-likeness (QED) is 0.487. The molecule has 0 saturated heterocycles. The Hall–Kier alpha value is -2.23. The molecule has 4 heteroatoms. The van der Waals surface area contributed by atoms with Gasteiger partial charge in [-0.05, 0) is 19.9 Å². The van der Waals surface area contributed by atoms with Gasteiger partial charge in [0.15, 0.2) is 0 Å². The number of hydrogen-bond donors (Lipinski definition) is 1. The maximum Gasteiger partial charge on any atom is 0.126 e. The van der Waals surface area contributed by atoms with Crippen LogP contribution in [0.2, 0.25) is 0 Å². The van der Waals surface area contributed by atoms with Crippen LogP contribution in [0.4, 0.5) is 0 Å². The summed E-state index contributed by atoms with van der Waals surface area (Å²) in [6.45, 7) is 3.52. The standard InChI is InChI=1S/C13H13N3O/c1-9(16-17)12-8-13(15-10(2)14-12)11-6-4-3-5-7-11/h3-8,17H,1-2H3/b16-9+. The lowest BCUT2D eigenvalue weighted by Gasteiger charge is -2.05. The molecule has 0 atom stereocenters. The highest BCUT2D eigenvalue weighted by atomic mass is 16.4. The van der Waals surface area contributed by atoms with Crippen LogP contribution in [-0.4, -0.2) is 20.9 Å². The van der Waals surface area contributed by atoms with E-state index in [-0.39, 0.29) is 0 Å². The molecule has 1 N–H and O–H groups in total. The van der Waals surface area contributed by atoms with Crippen LogP contribution in [-0.2, 0) is 0 Å². The lowest BCUT2D eigenvalue weighted by atomic mass is 10.1. The van der Waals surface area contributed by atoms with Crippen molar-refractivity contribution in [2.24, 2.45) is 5.16 Å². The normalized spacial score (nSPS) is 11.5. The Balaban J connectivity index is 2.53. The zero-order chi connectivity index (χ0) is 12.3. The first-order valence-electron chi connectivity index (χ1n) is 5.31. The van der Waals surface area contributed by atoms with Gasteiger partial charge in [0, 0.05) is 5.56 Å². The van der Waals surface area contributed by atoms with Crippen LogP contribution in [0.25, 0.3) is 11.3 Å². The van der Waals surface area contributed by atoms with E-state index in [2.05, 4.69) is 15.1 Å². The van der Waals surface area contributed by atoms with Crippen LogP contribution < -0.4 is 0 Å². The van der Waals surface area contributed by atoms with E-state index in [1.165, 1.54) is 0 Å². The molecule has 0 aliphatic heterocycles. The van der Waals surface area contributed by atoms with Gasteiger partial charge in [0.2, 0.25) is 0 Å². The third-order valence-electron chi connectivity index (χ3n) is 2.43. The SMILES string of the molecule is C/C(=N\O)c1cc(-c2ccccc2)nc(C)n1. The summed E-state index contributed by atoms with van der Waals surface area (Å²) < 4.78 is 0. The monoisotopic (exact) mass is 227 g/mol. The van der Waals surface area contributed by atoms with E-state index in [4.69, 9.17) is 5.21 Å². The van der Waals surface area contributed by atoms with Crippen molar-refractivity contribution in [2.45, 2.75) is 13.8 Å². The number of oxime groups is 1. The number of rotatable bonds is 2. The molecule has 0 bridgehead atoms. The van der Waals surface area contributed by atoms with E-state index >= 15 is 0 Å². The average molecular weight is 227 g/mol. The van der Waals surface area contributed by atoms with Gasteiger partial charge in [-0.3, -0.25) is 0 Å². The molecule has 2 rings (SSSR count). The fraction of sp³-hybridized carbons (Fsp3) is 0.154. The fourth-order valence-electron chi connectivity index (χ4n) is 1.56. The second-order valence-electron chi connectivity index (χ2n) is 3.74. The van der Waals surface area contributed by atoms with E-state index in [1.54, 1.807) is 6.92 Å². The van der Waals surface area contributed by atoms with Crippen molar-refractivity contribution in [3.05, 3.63) is 47.9 Å². The first-order chi connectivity index (χ1) is 8.20. The summed E-state index contributed by atoms with van der Waals surface area (Å²) in [6.07, 6.45) is 0. The zero-order valence-corrected chi connectivity index (χ0v) is 9.75. The van der Waals surface area contributed by atoms with Crippen LogP contribution in [0, 0.1) is 6.92 Å². The Morgan fingerprint density at radius 2 is 1.88 bits per heavy atom. The summed E-state index contributed by atoms with van der Waals surface area (Å²) in [5.41, 5.74) is 2.97. The molecule has 2 aromatic rings. The van der Waals surface area contributed by atoms with E-state index in [0.717, 1.165) is 11.3 Å². The summed E-state index contributed by atoms with van der Waals surface area (Å²) in [5.74, 6) is 0.657. The number of hydrogen-bond acceptors (Lipinski definition) is 4. The number of nitrogens with zero attached hydrogens (tertiary/aromatic N) is 3. The molecular weight excluding hydrogens is 214 g/mol. The van der Waals surface area contributed by atoms with E-state index in [1.807, 2.05) is 43.3 Å². The number of aromatic nitrogens is 2. The fourth-order valence-corrected chi connectivity index (χ4v) is 1.56. The van der Waals surface area contributed by atoms with Crippen molar-refractivity contribution in [1.29, 1.82) is 0 Å². The third-order valence-corrected chi connectivity index (χ3v) is 2.43. The molecule has 1 aromatic heterocycles. The molecule has 17 heavy (non-hydrogen) atoms. The molecule has 0 aliphatic rings. The molecule has 86 valence electrons. The second-order valence-corrected chi connectivity index (χ2v) is 3.74. The largest absolute Gasteiger partial charge is 0.411 e. The molecule has 0 radical (unpaired) electrons. The van der Waals surface area contributed by atoms with Gasteiger partial charge in [0.25, 0.3) is 0 Å². The smallest absolute Gasteiger partial charge is 0.126 e. The first-order valence-corrected chi connectivity index (χ1v) is 5.31. The van der Waals surface area contributed by atoms with Crippen molar-refractivity contribution in [2.75, 3.05) is 0 Å². The molecule has 0 unspecified atom stereocenters. The topological polar surface area (TPSA) is 58.4 Å². The van der Waals surface area contributed by atoms with E-state index in [9.17, 15) is 0 Å². The van der Waals surface area contributed by atoms with Crippen LogP contribution >= 0.6 is 0 Å².